The summed E-state index contributed by atoms with van der Waals surface area (Å²) in [6.45, 7) is 0. The molecule has 0 fully saturated rings. The molecule has 0 unspecified atom stereocenters. The van der Waals surface area contributed by atoms with Crippen LogP contribution in [0.25, 0.3) is 0 Å². The molecule has 0 amide bonds. The first-order chi connectivity index (χ1) is 8.74. The molecule has 18 heavy (non-hydrogen) atoms. The van der Waals surface area contributed by atoms with Gasteiger partial charge < -0.3 is 4.74 Å². The summed E-state index contributed by atoms with van der Waals surface area (Å²) >= 11 is 6.85. The van der Waals surface area contributed by atoms with Gasteiger partial charge in [-0.25, -0.2) is 4.79 Å². The number of carbonyl (C=O) groups excluding carboxylic acids is 1. The van der Waals surface area contributed by atoms with Crippen LogP contribution in [0.2, 0.25) is 0 Å². The second-order valence-electron chi connectivity index (χ2n) is 3.59. The Morgan fingerprint density at radius 3 is 2.33 bits per heavy atom. The number of benzene rings is 2. The van der Waals surface area contributed by atoms with E-state index in [0.717, 1.165) is 10.6 Å². The summed E-state index contributed by atoms with van der Waals surface area (Å²) in [4.78, 5) is 11.7. The summed E-state index contributed by atoms with van der Waals surface area (Å²) in [5.74, 6) is 1.37. The van der Waals surface area contributed by atoms with Crippen LogP contribution in [0.5, 0.6) is 5.75 Å². The molecule has 0 bridgehead atoms. The normalized spacial score (nSPS) is 10.1. The summed E-state index contributed by atoms with van der Waals surface area (Å²) in [6, 6.07) is 17.5. The molecule has 2 aromatic rings. The van der Waals surface area contributed by atoms with Gasteiger partial charge in [0.1, 0.15) is 5.75 Å². The molecular formula is C14H11ClO2S. The Balaban J connectivity index is 1.92. The molecule has 0 aliphatic carbocycles. The summed E-state index contributed by atoms with van der Waals surface area (Å²) in [6.07, 6.45) is 0. The topological polar surface area (TPSA) is 26.3 Å². The maximum Gasteiger partial charge on any atom is 0.409 e. The van der Waals surface area contributed by atoms with Crippen LogP contribution in [0, 0.1) is 0 Å². The minimum absolute atomic E-state index is 0.457. The molecule has 0 N–H and O–H groups in total. The zero-order valence-electron chi connectivity index (χ0n) is 9.51. The lowest BCUT2D eigenvalue weighted by molar-refractivity contribution is 0.225. The van der Waals surface area contributed by atoms with E-state index in [0.29, 0.717) is 5.75 Å². The van der Waals surface area contributed by atoms with Gasteiger partial charge in [0, 0.05) is 22.2 Å². The third-order valence-corrected chi connectivity index (χ3v) is 3.43. The van der Waals surface area contributed by atoms with Crippen LogP contribution in [0.3, 0.4) is 0 Å². The minimum Gasteiger partial charge on any atom is -0.415 e. The van der Waals surface area contributed by atoms with E-state index >= 15 is 0 Å². The van der Waals surface area contributed by atoms with E-state index in [-0.39, 0.29) is 0 Å². The Labute approximate surface area is 115 Å². The summed E-state index contributed by atoms with van der Waals surface area (Å²) < 4.78 is 4.75. The molecule has 0 heterocycles. The minimum atomic E-state index is -0.820. The highest BCUT2D eigenvalue weighted by molar-refractivity contribution is 7.98. The second-order valence-corrected chi connectivity index (χ2v) is 4.94. The van der Waals surface area contributed by atoms with Crippen molar-refractivity contribution >= 4 is 28.8 Å². The van der Waals surface area contributed by atoms with Gasteiger partial charge in [0.15, 0.2) is 0 Å². The highest BCUT2D eigenvalue weighted by Gasteiger charge is 2.00. The van der Waals surface area contributed by atoms with Crippen LogP contribution in [-0.4, -0.2) is 5.43 Å². The van der Waals surface area contributed by atoms with Crippen LogP contribution in [0.1, 0.15) is 5.56 Å². The molecule has 0 aliphatic rings. The van der Waals surface area contributed by atoms with Crippen LogP contribution >= 0.6 is 23.4 Å². The zero-order valence-corrected chi connectivity index (χ0v) is 11.1. The molecular weight excluding hydrogens is 268 g/mol. The molecule has 0 atom stereocenters. The molecule has 4 heteroatoms. The molecule has 2 aromatic carbocycles. The zero-order chi connectivity index (χ0) is 12.8. The van der Waals surface area contributed by atoms with Crippen molar-refractivity contribution in [1.29, 1.82) is 0 Å². The molecule has 0 saturated heterocycles. The smallest absolute Gasteiger partial charge is 0.409 e. The average Bonchev–Trinajstić information content (AvgIpc) is 2.38. The van der Waals surface area contributed by atoms with Crippen molar-refractivity contribution in [2.45, 2.75) is 10.6 Å². The standard InChI is InChI=1S/C14H11ClO2S/c15-14(16)17-12-6-8-13(9-7-12)18-10-11-4-2-1-3-5-11/h1-9H,10H2. The van der Waals surface area contributed by atoms with E-state index in [1.807, 2.05) is 30.3 Å². The van der Waals surface area contributed by atoms with E-state index in [2.05, 4.69) is 12.1 Å². The Kier molecular flexibility index (Phi) is 4.67. The number of hydrogen-bond donors (Lipinski definition) is 0. The molecule has 0 saturated carbocycles. The molecule has 2 rings (SSSR count). The first-order valence-corrected chi connectivity index (χ1v) is 6.74. The number of carbonyl (C=O) groups is 1. The van der Waals surface area contributed by atoms with Crippen LogP contribution < -0.4 is 4.74 Å². The number of ether oxygens (including phenoxy) is 1. The van der Waals surface area contributed by atoms with Crippen molar-refractivity contribution < 1.29 is 9.53 Å². The maximum absolute atomic E-state index is 10.5. The van der Waals surface area contributed by atoms with Gasteiger partial charge >= 0.3 is 5.43 Å². The second kappa shape index (κ2) is 6.47. The summed E-state index contributed by atoms with van der Waals surface area (Å²) in [5, 5.41) is 0. The van der Waals surface area contributed by atoms with Gasteiger partial charge in [-0.05, 0) is 29.8 Å². The van der Waals surface area contributed by atoms with Crippen molar-refractivity contribution in [2.24, 2.45) is 0 Å². The lowest BCUT2D eigenvalue weighted by Gasteiger charge is -2.03. The monoisotopic (exact) mass is 278 g/mol. The van der Waals surface area contributed by atoms with E-state index in [1.54, 1.807) is 23.9 Å². The first-order valence-electron chi connectivity index (χ1n) is 5.38. The quantitative estimate of drug-likeness (QED) is 0.598. The molecule has 92 valence electrons. The van der Waals surface area contributed by atoms with Gasteiger partial charge in [0.2, 0.25) is 0 Å². The van der Waals surface area contributed by atoms with E-state index in [4.69, 9.17) is 16.3 Å². The first kappa shape index (κ1) is 13.0. The Hall–Kier alpha value is -1.45. The van der Waals surface area contributed by atoms with Gasteiger partial charge in [-0.1, -0.05) is 30.3 Å². The third kappa shape index (κ3) is 4.09. The predicted molar refractivity (Wildman–Crippen MR) is 74.3 cm³/mol. The molecule has 0 radical (unpaired) electrons. The number of rotatable bonds is 4. The molecule has 0 spiro atoms. The fraction of sp³-hybridized carbons (Fsp3) is 0.0714. The SMILES string of the molecule is O=C(Cl)Oc1ccc(SCc2ccccc2)cc1. The summed E-state index contributed by atoms with van der Waals surface area (Å²) in [5.41, 5.74) is 0.457. The highest BCUT2D eigenvalue weighted by Crippen LogP contribution is 2.25. The average molecular weight is 279 g/mol. The maximum atomic E-state index is 10.5. The van der Waals surface area contributed by atoms with Crippen LogP contribution in [-0.2, 0) is 5.75 Å². The lowest BCUT2D eigenvalue weighted by Crippen LogP contribution is -1.95. The Morgan fingerprint density at radius 2 is 1.72 bits per heavy atom. The van der Waals surface area contributed by atoms with Gasteiger partial charge in [0.25, 0.3) is 0 Å². The summed E-state index contributed by atoms with van der Waals surface area (Å²) in [7, 11) is 0. The largest absolute Gasteiger partial charge is 0.415 e. The highest BCUT2D eigenvalue weighted by atomic mass is 35.5. The number of halogens is 1. The van der Waals surface area contributed by atoms with Gasteiger partial charge in [-0.2, -0.15) is 0 Å². The lowest BCUT2D eigenvalue weighted by atomic mass is 10.2. The third-order valence-electron chi connectivity index (χ3n) is 2.27. The van der Waals surface area contributed by atoms with Crippen molar-refractivity contribution in [3.05, 3.63) is 60.2 Å². The van der Waals surface area contributed by atoms with Crippen molar-refractivity contribution in [2.75, 3.05) is 0 Å². The van der Waals surface area contributed by atoms with E-state index < -0.39 is 5.43 Å². The Bertz CT molecular complexity index is 511. The van der Waals surface area contributed by atoms with Crippen LogP contribution in [0.15, 0.2) is 59.5 Å². The number of thioether (sulfide) groups is 1. The van der Waals surface area contributed by atoms with Crippen molar-refractivity contribution in [3.8, 4) is 5.75 Å². The van der Waals surface area contributed by atoms with Gasteiger partial charge in [-0.3, -0.25) is 0 Å². The fourth-order valence-electron chi connectivity index (χ4n) is 1.44. The molecule has 2 nitrogen and oxygen atoms in total. The van der Waals surface area contributed by atoms with E-state index in [1.165, 1.54) is 5.56 Å². The number of hydrogen-bond acceptors (Lipinski definition) is 3. The van der Waals surface area contributed by atoms with Crippen molar-refractivity contribution in [1.82, 2.24) is 0 Å². The van der Waals surface area contributed by atoms with Gasteiger partial charge in [-0.15, -0.1) is 11.8 Å². The van der Waals surface area contributed by atoms with Gasteiger partial charge in [0.05, 0.1) is 0 Å². The predicted octanol–water partition coefficient (Wildman–Crippen LogP) is 4.72. The van der Waals surface area contributed by atoms with E-state index in [9.17, 15) is 4.79 Å². The van der Waals surface area contributed by atoms with Crippen molar-refractivity contribution in [3.63, 3.8) is 0 Å². The molecule has 0 aliphatic heterocycles. The van der Waals surface area contributed by atoms with Crippen LogP contribution in [0.4, 0.5) is 4.79 Å². The molecule has 0 aromatic heterocycles. The Morgan fingerprint density at radius 1 is 1.06 bits per heavy atom. The fourth-order valence-corrected chi connectivity index (χ4v) is 2.38.